The fourth-order valence-corrected chi connectivity index (χ4v) is 7.66. The summed E-state index contributed by atoms with van der Waals surface area (Å²) in [5.74, 6) is -2.84. The molecule has 4 fully saturated rings. The van der Waals surface area contributed by atoms with Crippen LogP contribution in [0.2, 0.25) is 5.15 Å². The smallest absolute Gasteiger partial charge is 0.280 e. The minimum absolute atomic E-state index is 0.00990. The lowest BCUT2D eigenvalue weighted by molar-refractivity contribution is -0.117. The van der Waals surface area contributed by atoms with E-state index in [1.54, 1.807) is 21.9 Å². The normalized spacial score (nSPS) is 28.2. The van der Waals surface area contributed by atoms with Gasteiger partial charge in [-0.3, -0.25) is 4.79 Å². The number of pyridine rings is 1. The number of rotatable bonds is 6. The van der Waals surface area contributed by atoms with Crippen LogP contribution in [0.25, 0.3) is 0 Å². The number of hydrogen-bond acceptors (Lipinski definition) is 7. The van der Waals surface area contributed by atoms with Gasteiger partial charge < -0.3 is 20.9 Å². The molecule has 3 N–H and O–H groups in total. The molecule has 3 saturated heterocycles. The van der Waals surface area contributed by atoms with E-state index in [-0.39, 0.29) is 72.6 Å². The molecular formula is C25H29ClF2N6O3S. The van der Waals surface area contributed by atoms with Crippen LogP contribution in [0.5, 0.6) is 0 Å². The summed E-state index contributed by atoms with van der Waals surface area (Å²) in [7, 11) is -3.78. The number of alkyl halides is 2. The van der Waals surface area contributed by atoms with Crippen LogP contribution in [0.4, 0.5) is 20.3 Å². The monoisotopic (exact) mass is 566 g/mol. The quantitative estimate of drug-likeness (QED) is 0.515. The molecule has 2 unspecified atom stereocenters. The number of nitrogens with zero attached hydrogens (tertiary/aromatic N) is 4. The zero-order valence-corrected chi connectivity index (χ0v) is 22.2. The number of hydrogen-bond donors (Lipinski definition) is 2. The van der Waals surface area contributed by atoms with E-state index in [0.29, 0.717) is 31.0 Å². The molecule has 1 saturated carbocycles. The lowest BCUT2D eigenvalue weighted by Gasteiger charge is -2.35. The Labute approximate surface area is 225 Å². The van der Waals surface area contributed by atoms with Gasteiger partial charge in [0.1, 0.15) is 11.0 Å². The maximum atomic E-state index is 15.5. The summed E-state index contributed by atoms with van der Waals surface area (Å²) in [6.07, 6.45) is 0.755. The second-order valence-electron chi connectivity index (χ2n) is 10.7. The van der Waals surface area contributed by atoms with Crippen molar-refractivity contribution in [1.82, 2.24) is 14.6 Å². The number of piperidine rings is 1. The lowest BCUT2D eigenvalue weighted by Crippen LogP contribution is -2.49. The molecule has 1 aliphatic carbocycles. The van der Waals surface area contributed by atoms with Crippen molar-refractivity contribution < 1.29 is 22.0 Å². The summed E-state index contributed by atoms with van der Waals surface area (Å²) >= 11 is 6.17. The number of aromatic nitrogens is 1. The van der Waals surface area contributed by atoms with Crippen molar-refractivity contribution in [2.45, 2.75) is 29.7 Å². The predicted octanol–water partition coefficient (Wildman–Crippen LogP) is 2.01. The van der Waals surface area contributed by atoms with Crippen LogP contribution in [0, 0.1) is 11.3 Å². The summed E-state index contributed by atoms with van der Waals surface area (Å²) in [6.45, 7) is 2.18. The molecule has 13 heteroatoms. The molecule has 1 aromatic heterocycles. The van der Waals surface area contributed by atoms with Crippen LogP contribution in [0.3, 0.4) is 0 Å². The lowest BCUT2D eigenvalue weighted by atomic mass is 9.91. The predicted molar refractivity (Wildman–Crippen MR) is 139 cm³/mol. The first-order chi connectivity index (χ1) is 18.0. The zero-order chi connectivity index (χ0) is 26.9. The average molecular weight is 567 g/mol. The van der Waals surface area contributed by atoms with E-state index in [4.69, 9.17) is 17.3 Å². The minimum atomic E-state index is -3.78. The highest BCUT2D eigenvalue weighted by Gasteiger charge is 2.71. The van der Waals surface area contributed by atoms with E-state index in [9.17, 15) is 13.2 Å². The van der Waals surface area contributed by atoms with Gasteiger partial charge in [0.05, 0.1) is 10.3 Å². The maximum absolute atomic E-state index is 15.5. The minimum Gasteiger partial charge on any atom is -0.354 e. The average Bonchev–Trinajstić information content (AvgIpc) is 3.29. The van der Waals surface area contributed by atoms with Crippen molar-refractivity contribution in [2.75, 3.05) is 55.6 Å². The van der Waals surface area contributed by atoms with Gasteiger partial charge in [0.25, 0.3) is 5.92 Å². The molecule has 3 atom stereocenters. The third-order valence-corrected chi connectivity index (χ3v) is 10.4. The highest BCUT2D eigenvalue weighted by molar-refractivity contribution is 7.89. The standard InChI is InChI=1S/C25H29ClF2N6O3S/c26-21-9-16(25(27,28)24-12-17(24)13-30-15-24)10-22(31-21)32-5-7-33(8-6-32)38(36,37)20-3-1-19(2-4-20)34-14-18(29)11-23(34)35/h1-4,9-10,17-18,30H,5-8,11-15,29H2/t17?,18-,24?/m1/s1. The number of halogens is 3. The van der Waals surface area contributed by atoms with E-state index >= 15 is 8.78 Å². The Balaban J connectivity index is 1.15. The van der Waals surface area contributed by atoms with Gasteiger partial charge in [-0.05, 0) is 55.3 Å². The molecule has 9 nitrogen and oxygen atoms in total. The van der Waals surface area contributed by atoms with Crippen molar-refractivity contribution >= 4 is 39.0 Å². The van der Waals surface area contributed by atoms with Crippen LogP contribution >= 0.6 is 11.6 Å². The first-order valence-electron chi connectivity index (χ1n) is 12.7. The third kappa shape index (κ3) is 4.17. The number of carbonyl (C=O) groups excluding carboxylic acids is 1. The zero-order valence-electron chi connectivity index (χ0n) is 20.6. The molecule has 1 amide bonds. The van der Waals surface area contributed by atoms with Crippen LogP contribution in [0.1, 0.15) is 18.4 Å². The van der Waals surface area contributed by atoms with Gasteiger partial charge in [0, 0.05) is 63.0 Å². The van der Waals surface area contributed by atoms with Gasteiger partial charge in [0.15, 0.2) is 0 Å². The second kappa shape index (κ2) is 9.09. The summed E-state index contributed by atoms with van der Waals surface area (Å²) in [5, 5.41) is 3.05. The van der Waals surface area contributed by atoms with Crippen molar-refractivity contribution in [3.63, 3.8) is 0 Å². The third-order valence-electron chi connectivity index (χ3n) is 8.34. The van der Waals surface area contributed by atoms with E-state index < -0.39 is 21.4 Å². The molecule has 0 spiro atoms. The Kier molecular flexibility index (Phi) is 6.19. The molecule has 4 aliphatic rings. The van der Waals surface area contributed by atoms with Gasteiger partial charge in [-0.1, -0.05) is 11.6 Å². The number of nitrogens with one attached hydrogen (secondary N) is 1. The first kappa shape index (κ1) is 25.9. The van der Waals surface area contributed by atoms with E-state index in [0.717, 1.165) is 0 Å². The number of amides is 1. The molecule has 38 heavy (non-hydrogen) atoms. The molecule has 2 aromatic rings. The molecular weight excluding hydrogens is 538 g/mol. The number of benzene rings is 1. The van der Waals surface area contributed by atoms with Crippen molar-refractivity contribution in [2.24, 2.45) is 17.1 Å². The molecule has 0 radical (unpaired) electrons. The fraction of sp³-hybridized carbons (Fsp3) is 0.520. The molecule has 0 bridgehead atoms. The van der Waals surface area contributed by atoms with Crippen molar-refractivity contribution in [3.8, 4) is 0 Å². The Morgan fingerprint density at radius 2 is 1.84 bits per heavy atom. The first-order valence-corrected chi connectivity index (χ1v) is 14.5. The van der Waals surface area contributed by atoms with Gasteiger partial charge in [-0.15, -0.1) is 0 Å². The van der Waals surface area contributed by atoms with E-state index in [2.05, 4.69) is 10.3 Å². The van der Waals surface area contributed by atoms with Gasteiger partial charge in [0.2, 0.25) is 15.9 Å². The van der Waals surface area contributed by atoms with Crippen molar-refractivity contribution in [3.05, 3.63) is 47.1 Å². The van der Waals surface area contributed by atoms with Gasteiger partial charge >= 0.3 is 0 Å². The van der Waals surface area contributed by atoms with Crippen LogP contribution in [-0.2, 0) is 20.7 Å². The van der Waals surface area contributed by atoms with Gasteiger partial charge in [-0.25, -0.2) is 22.2 Å². The number of nitrogens with two attached hydrogens (primary N) is 1. The highest BCUT2D eigenvalue weighted by atomic mass is 35.5. The Morgan fingerprint density at radius 3 is 2.42 bits per heavy atom. The number of sulfonamides is 1. The molecule has 3 aliphatic heterocycles. The van der Waals surface area contributed by atoms with Crippen LogP contribution < -0.4 is 20.9 Å². The molecule has 204 valence electrons. The molecule has 6 rings (SSSR count). The molecule has 1 aromatic carbocycles. The maximum Gasteiger partial charge on any atom is 0.280 e. The largest absolute Gasteiger partial charge is 0.354 e. The number of piperazine rings is 1. The van der Waals surface area contributed by atoms with Crippen LogP contribution in [0.15, 0.2) is 41.3 Å². The number of anilines is 2. The Morgan fingerprint density at radius 1 is 1.13 bits per heavy atom. The highest BCUT2D eigenvalue weighted by Crippen LogP contribution is 2.67. The summed E-state index contributed by atoms with van der Waals surface area (Å²) < 4.78 is 59.0. The summed E-state index contributed by atoms with van der Waals surface area (Å²) in [6, 6.07) is 8.60. The summed E-state index contributed by atoms with van der Waals surface area (Å²) in [5.41, 5.74) is 5.25. The Hall–Kier alpha value is -2.38. The summed E-state index contributed by atoms with van der Waals surface area (Å²) in [4.78, 5) is 19.8. The Bertz CT molecular complexity index is 1370. The SMILES string of the molecule is N[C@@H]1CC(=O)N(c2ccc(S(=O)(=O)N3CCN(c4cc(C(F)(F)C56CNCC5C6)cc(Cl)n4)CC3)cc2)C1. The topological polar surface area (TPSA) is 112 Å². The molecule has 4 heterocycles. The van der Waals surface area contributed by atoms with E-state index in [1.165, 1.54) is 28.6 Å². The number of carbonyl (C=O) groups is 1. The fourth-order valence-electron chi connectivity index (χ4n) is 6.03. The van der Waals surface area contributed by atoms with Gasteiger partial charge in [-0.2, -0.15) is 4.31 Å². The second-order valence-corrected chi connectivity index (χ2v) is 13.0. The van der Waals surface area contributed by atoms with Crippen molar-refractivity contribution in [1.29, 1.82) is 0 Å². The van der Waals surface area contributed by atoms with E-state index in [1.807, 2.05) is 0 Å². The number of fused-ring (bicyclic) bond motifs is 1. The van der Waals surface area contributed by atoms with Crippen LogP contribution in [-0.4, -0.2) is 75.5 Å².